The summed E-state index contributed by atoms with van der Waals surface area (Å²) in [6.07, 6.45) is 0. The summed E-state index contributed by atoms with van der Waals surface area (Å²) in [5.41, 5.74) is 1.44. The summed E-state index contributed by atoms with van der Waals surface area (Å²) in [7, 11) is -7.60. The van der Waals surface area contributed by atoms with E-state index in [-0.39, 0.29) is 68.5 Å². The van der Waals surface area contributed by atoms with E-state index in [1.54, 1.807) is 24.3 Å². The van der Waals surface area contributed by atoms with Crippen molar-refractivity contribution >= 4 is 52.6 Å². The number of rotatable bonds is 2. The predicted molar refractivity (Wildman–Crippen MR) is 83.8 cm³/mol. The van der Waals surface area contributed by atoms with Crippen LogP contribution in [0.4, 0.5) is 0 Å². The zero-order chi connectivity index (χ0) is 16.9. The Kier molecular flexibility index (Phi) is 14.0. The van der Waals surface area contributed by atoms with Gasteiger partial charge in [0.15, 0.2) is 0 Å². The van der Waals surface area contributed by atoms with Crippen molar-refractivity contribution in [2.24, 2.45) is 0 Å². The zero-order valence-electron chi connectivity index (χ0n) is 12.5. The molecule has 24 heavy (non-hydrogen) atoms. The second-order valence-electron chi connectivity index (χ2n) is 3.73. The Morgan fingerprint density at radius 2 is 1.46 bits per heavy atom. The fourth-order valence-electron chi connectivity index (χ4n) is 1.46. The first-order valence-electron chi connectivity index (χ1n) is 5.31. The van der Waals surface area contributed by atoms with Crippen LogP contribution in [0.1, 0.15) is 0 Å². The van der Waals surface area contributed by atoms with E-state index < -0.39 is 20.7 Å². The quantitative estimate of drug-likeness (QED) is 0.234. The molecule has 0 heterocycles. The van der Waals surface area contributed by atoms with Crippen molar-refractivity contribution in [3.63, 3.8) is 0 Å². The molecule has 0 saturated heterocycles. The summed E-state index contributed by atoms with van der Waals surface area (Å²) in [5.74, 6) is 0. The molecule has 2 aromatic carbocycles. The fourth-order valence-corrected chi connectivity index (χ4v) is 3.13. The summed E-state index contributed by atoms with van der Waals surface area (Å²) < 4.78 is 59.7. The molecule has 0 radical (unpaired) electrons. The van der Waals surface area contributed by atoms with Gasteiger partial charge in [-0.3, -0.25) is 0 Å². The van der Waals surface area contributed by atoms with Crippen LogP contribution in [0.25, 0.3) is 11.1 Å². The Morgan fingerprint density at radius 1 is 0.958 bits per heavy atom. The largest absolute Gasteiger partial charge is 1.00 e. The standard InChI is InChI=1S/C12H7Br2O3S.2Na.O3S/c13-10-4-1-8(2-5-10)9-3-6-11(14)12(7-9)18(15,16)17;;;1-4(2)3/h1-4,6-7H,(H,15,16,17);;;/q-1;2*+1;/p-1. The second kappa shape index (κ2) is 12.3. The second-order valence-corrected chi connectivity index (χ2v) is 7.19. The minimum atomic E-state index is -4.49. The van der Waals surface area contributed by atoms with E-state index in [0.29, 0.717) is 5.56 Å². The van der Waals surface area contributed by atoms with E-state index in [1.807, 2.05) is 6.07 Å². The molecule has 0 bridgehead atoms. The molecule has 2 aromatic rings. The fraction of sp³-hybridized carbons (Fsp3) is 0. The Labute approximate surface area is 202 Å². The molecule has 118 valence electrons. The molecular weight excluding hydrogens is 510 g/mol. The Balaban J connectivity index is 0. The number of benzene rings is 2. The minimum Gasteiger partial charge on any atom is -0.744 e. The molecule has 0 fully saturated rings. The molecule has 0 aliphatic rings. The van der Waals surface area contributed by atoms with Crippen molar-refractivity contribution in [1.82, 2.24) is 0 Å². The first-order valence-corrected chi connectivity index (χ1v) is 9.30. The first-order chi connectivity index (χ1) is 10.1. The smallest absolute Gasteiger partial charge is 0.744 e. The minimum absolute atomic E-state index is 0. The van der Waals surface area contributed by atoms with Crippen LogP contribution in [0.2, 0.25) is 0 Å². The van der Waals surface area contributed by atoms with Crippen molar-refractivity contribution < 1.29 is 84.7 Å². The maximum absolute atomic E-state index is 11.1. The Bertz CT molecular complexity index is 878. The molecule has 0 N–H and O–H groups in total. The third kappa shape index (κ3) is 9.58. The van der Waals surface area contributed by atoms with Gasteiger partial charge in [0.25, 0.3) is 0 Å². The topological polar surface area (TPSA) is 108 Å². The van der Waals surface area contributed by atoms with Gasteiger partial charge >= 0.3 is 69.7 Å². The molecule has 0 aliphatic carbocycles. The average Bonchev–Trinajstić information content (AvgIpc) is 2.38. The maximum Gasteiger partial charge on any atom is 1.00 e. The van der Waals surface area contributed by atoms with Crippen LogP contribution in [0.15, 0.2) is 50.2 Å². The summed E-state index contributed by atoms with van der Waals surface area (Å²) >= 11 is 6.32. The van der Waals surface area contributed by atoms with Crippen molar-refractivity contribution in [2.75, 3.05) is 0 Å². The third-order valence-electron chi connectivity index (χ3n) is 2.31. The molecule has 6 nitrogen and oxygen atoms in total. The van der Waals surface area contributed by atoms with Crippen LogP contribution in [-0.4, -0.2) is 25.6 Å². The monoisotopic (exact) mass is 514 g/mol. The molecule has 2 rings (SSSR count). The molecule has 0 unspecified atom stereocenters. The summed E-state index contributed by atoms with van der Waals surface area (Å²) in [4.78, 5) is -0.261. The van der Waals surface area contributed by atoms with Crippen LogP contribution in [-0.2, 0) is 20.7 Å². The van der Waals surface area contributed by atoms with Gasteiger partial charge in [-0.2, -0.15) is 24.3 Å². The van der Waals surface area contributed by atoms with Crippen LogP contribution < -0.4 is 59.1 Å². The van der Waals surface area contributed by atoms with Crippen molar-refractivity contribution in [2.45, 2.75) is 4.90 Å². The summed E-state index contributed by atoms with van der Waals surface area (Å²) in [6.45, 7) is 0. The van der Waals surface area contributed by atoms with E-state index in [0.717, 1.165) is 10.0 Å². The van der Waals surface area contributed by atoms with Crippen molar-refractivity contribution in [3.8, 4) is 11.1 Å². The van der Waals surface area contributed by atoms with E-state index >= 15 is 0 Å². The van der Waals surface area contributed by atoms with Gasteiger partial charge in [-0.15, -0.1) is 18.2 Å². The molecule has 0 aliphatic heterocycles. The van der Waals surface area contributed by atoms with Crippen LogP contribution in [0.3, 0.4) is 0 Å². The first kappa shape index (κ1) is 27.2. The molecular formula is C12H6Br2Na2O6S2. The number of halogens is 2. The number of hydrogen-bond donors (Lipinski definition) is 0. The number of hydrogen-bond acceptors (Lipinski definition) is 6. The predicted octanol–water partition coefficient (Wildman–Crippen LogP) is -3.41. The molecule has 0 aromatic heterocycles. The molecule has 0 spiro atoms. The average molecular weight is 516 g/mol. The summed E-state index contributed by atoms with van der Waals surface area (Å²) in [6, 6.07) is 12.9. The molecule has 0 amide bonds. The van der Waals surface area contributed by atoms with Crippen molar-refractivity contribution in [1.29, 1.82) is 0 Å². The Hall–Kier alpha value is 0.930. The third-order valence-corrected chi connectivity index (χ3v) is 4.63. The summed E-state index contributed by atoms with van der Waals surface area (Å²) in [5, 5.41) is 0. The van der Waals surface area contributed by atoms with Crippen LogP contribution in [0.5, 0.6) is 0 Å². The molecule has 0 saturated carbocycles. The van der Waals surface area contributed by atoms with Crippen LogP contribution in [0, 0.1) is 6.07 Å². The molecule has 0 atom stereocenters. The van der Waals surface area contributed by atoms with Gasteiger partial charge in [0.05, 0.1) is 4.90 Å². The van der Waals surface area contributed by atoms with Gasteiger partial charge in [0.1, 0.15) is 10.1 Å². The van der Waals surface area contributed by atoms with Gasteiger partial charge in [0, 0.05) is 4.47 Å². The van der Waals surface area contributed by atoms with E-state index in [1.165, 1.54) is 6.07 Å². The van der Waals surface area contributed by atoms with Gasteiger partial charge < -0.3 is 4.55 Å². The van der Waals surface area contributed by atoms with Crippen LogP contribution >= 0.6 is 31.9 Å². The maximum atomic E-state index is 11.1. The van der Waals surface area contributed by atoms with Crippen molar-refractivity contribution in [3.05, 3.63) is 51.4 Å². The van der Waals surface area contributed by atoms with E-state index in [4.69, 9.17) is 12.6 Å². The van der Waals surface area contributed by atoms with E-state index in [2.05, 4.69) is 37.9 Å². The van der Waals surface area contributed by atoms with Gasteiger partial charge in [-0.05, 0) is 28.1 Å². The van der Waals surface area contributed by atoms with Gasteiger partial charge in [0.2, 0.25) is 0 Å². The van der Waals surface area contributed by atoms with Gasteiger partial charge in [-0.1, -0.05) is 32.0 Å². The Morgan fingerprint density at radius 3 is 1.88 bits per heavy atom. The normalized spacial score (nSPS) is 9.62. The van der Waals surface area contributed by atoms with Gasteiger partial charge in [-0.25, -0.2) is 8.42 Å². The van der Waals surface area contributed by atoms with E-state index in [9.17, 15) is 13.0 Å². The SMILES string of the molecule is O=S(=O)([O-])c1cc(-c2c[c-]c(Br)cc2)ccc1Br.O=S(=O)=O.[Na+].[Na+]. The molecule has 12 heteroatoms. The zero-order valence-corrected chi connectivity index (χ0v) is 21.3.